The third kappa shape index (κ3) is 2.99. The molecule has 0 amide bonds. The van der Waals surface area contributed by atoms with E-state index in [1.807, 2.05) is 19.1 Å². The molecule has 0 aromatic carbocycles. The third-order valence-corrected chi connectivity index (χ3v) is 2.29. The number of rotatable bonds is 3. The highest BCUT2D eigenvalue weighted by molar-refractivity contribution is 9.10. The van der Waals surface area contributed by atoms with Gasteiger partial charge < -0.3 is 5.32 Å². The van der Waals surface area contributed by atoms with Crippen molar-refractivity contribution in [2.24, 2.45) is 0 Å². The molecule has 0 aliphatic rings. The van der Waals surface area contributed by atoms with Gasteiger partial charge in [0.25, 0.3) is 0 Å². The molecular formula is C8H10BrClN2. The van der Waals surface area contributed by atoms with Crippen molar-refractivity contribution >= 4 is 33.3 Å². The number of pyridine rings is 1. The first-order chi connectivity index (χ1) is 5.72. The van der Waals surface area contributed by atoms with Gasteiger partial charge in [-0.25, -0.2) is 4.98 Å². The van der Waals surface area contributed by atoms with Crippen molar-refractivity contribution in [3.8, 4) is 0 Å². The number of hydrogen-bond acceptors (Lipinski definition) is 2. The topological polar surface area (TPSA) is 24.9 Å². The van der Waals surface area contributed by atoms with Gasteiger partial charge in [-0.2, -0.15) is 0 Å². The molecule has 2 nitrogen and oxygen atoms in total. The zero-order chi connectivity index (χ0) is 8.97. The van der Waals surface area contributed by atoms with Crippen LogP contribution in [0, 0.1) is 0 Å². The van der Waals surface area contributed by atoms with E-state index in [2.05, 4.69) is 26.2 Å². The Hall–Kier alpha value is -0.280. The normalized spacial score (nSPS) is 12.6. The first kappa shape index (κ1) is 9.81. The lowest BCUT2D eigenvalue weighted by Gasteiger charge is -2.10. The van der Waals surface area contributed by atoms with Crippen LogP contribution in [0.1, 0.15) is 6.92 Å². The van der Waals surface area contributed by atoms with E-state index in [1.165, 1.54) is 0 Å². The molecule has 1 heterocycles. The maximum atomic E-state index is 5.63. The van der Waals surface area contributed by atoms with Crippen molar-refractivity contribution in [2.75, 3.05) is 11.2 Å². The van der Waals surface area contributed by atoms with Crippen LogP contribution < -0.4 is 5.32 Å². The van der Waals surface area contributed by atoms with Crippen LogP contribution >= 0.6 is 27.5 Å². The standard InChI is InChI=1S/C8H10BrClN2/c1-6(4-10)12-8-3-2-7(9)5-11-8/h2-3,5-6H,4H2,1H3,(H,11,12). The van der Waals surface area contributed by atoms with Gasteiger partial charge in [0, 0.05) is 22.6 Å². The highest BCUT2D eigenvalue weighted by atomic mass is 79.9. The van der Waals surface area contributed by atoms with E-state index < -0.39 is 0 Å². The average molecular weight is 250 g/mol. The van der Waals surface area contributed by atoms with E-state index >= 15 is 0 Å². The van der Waals surface area contributed by atoms with Crippen LogP contribution in [-0.2, 0) is 0 Å². The molecule has 0 bridgehead atoms. The number of anilines is 1. The first-order valence-electron chi connectivity index (χ1n) is 3.66. The molecule has 0 saturated heterocycles. The maximum absolute atomic E-state index is 5.63. The fraction of sp³-hybridized carbons (Fsp3) is 0.375. The van der Waals surface area contributed by atoms with Crippen LogP contribution in [0.2, 0.25) is 0 Å². The monoisotopic (exact) mass is 248 g/mol. The summed E-state index contributed by atoms with van der Waals surface area (Å²) in [5.74, 6) is 1.43. The molecule has 0 aliphatic carbocycles. The minimum absolute atomic E-state index is 0.250. The second-order valence-corrected chi connectivity index (χ2v) is 3.79. The smallest absolute Gasteiger partial charge is 0.126 e. The van der Waals surface area contributed by atoms with Gasteiger partial charge >= 0.3 is 0 Å². The van der Waals surface area contributed by atoms with Crippen LogP contribution in [0.4, 0.5) is 5.82 Å². The Labute approximate surface area is 85.5 Å². The van der Waals surface area contributed by atoms with Crippen molar-refractivity contribution in [2.45, 2.75) is 13.0 Å². The predicted molar refractivity (Wildman–Crippen MR) is 55.7 cm³/mol. The van der Waals surface area contributed by atoms with Crippen molar-refractivity contribution in [3.63, 3.8) is 0 Å². The van der Waals surface area contributed by atoms with Crippen LogP contribution in [0.3, 0.4) is 0 Å². The van der Waals surface area contributed by atoms with Gasteiger partial charge in [0.05, 0.1) is 0 Å². The van der Waals surface area contributed by atoms with Crippen molar-refractivity contribution in [1.29, 1.82) is 0 Å². The number of halogens is 2. The van der Waals surface area contributed by atoms with Crippen molar-refractivity contribution in [3.05, 3.63) is 22.8 Å². The molecule has 1 aromatic rings. The second kappa shape index (κ2) is 4.67. The summed E-state index contributed by atoms with van der Waals surface area (Å²) in [4.78, 5) is 4.15. The maximum Gasteiger partial charge on any atom is 0.126 e. The molecule has 1 rings (SSSR count). The fourth-order valence-corrected chi connectivity index (χ4v) is 1.06. The molecule has 0 radical (unpaired) electrons. The summed E-state index contributed by atoms with van der Waals surface area (Å²) in [5, 5.41) is 3.15. The van der Waals surface area contributed by atoms with Crippen LogP contribution in [-0.4, -0.2) is 16.9 Å². The highest BCUT2D eigenvalue weighted by Crippen LogP contribution is 2.11. The Morgan fingerprint density at radius 2 is 2.42 bits per heavy atom. The van der Waals surface area contributed by atoms with Gasteiger partial charge in [0.1, 0.15) is 5.82 Å². The van der Waals surface area contributed by atoms with Gasteiger partial charge in [-0.1, -0.05) is 0 Å². The van der Waals surface area contributed by atoms with Gasteiger partial charge in [0.2, 0.25) is 0 Å². The summed E-state index contributed by atoms with van der Waals surface area (Å²) in [7, 11) is 0. The lowest BCUT2D eigenvalue weighted by Crippen LogP contribution is -2.17. The zero-order valence-electron chi connectivity index (χ0n) is 6.72. The van der Waals surface area contributed by atoms with Gasteiger partial charge in [-0.15, -0.1) is 11.6 Å². The lowest BCUT2D eigenvalue weighted by atomic mass is 10.4. The Kier molecular flexibility index (Phi) is 3.82. The van der Waals surface area contributed by atoms with E-state index in [0.717, 1.165) is 10.3 Å². The van der Waals surface area contributed by atoms with E-state index in [1.54, 1.807) is 6.20 Å². The number of nitrogens with one attached hydrogen (secondary N) is 1. The summed E-state index contributed by atoms with van der Waals surface area (Å²) in [6, 6.07) is 4.10. The van der Waals surface area contributed by atoms with Gasteiger partial charge in [-0.3, -0.25) is 0 Å². The van der Waals surface area contributed by atoms with Crippen molar-refractivity contribution in [1.82, 2.24) is 4.98 Å². The van der Waals surface area contributed by atoms with E-state index in [-0.39, 0.29) is 6.04 Å². The molecule has 66 valence electrons. The molecule has 0 aliphatic heterocycles. The molecule has 1 N–H and O–H groups in total. The highest BCUT2D eigenvalue weighted by Gasteiger charge is 1.99. The Bertz CT molecular complexity index is 237. The molecule has 0 fully saturated rings. The largest absolute Gasteiger partial charge is 0.366 e. The van der Waals surface area contributed by atoms with E-state index in [9.17, 15) is 0 Å². The minimum atomic E-state index is 0.250. The van der Waals surface area contributed by atoms with E-state index in [0.29, 0.717) is 5.88 Å². The van der Waals surface area contributed by atoms with Gasteiger partial charge in [0.15, 0.2) is 0 Å². The van der Waals surface area contributed by atoms with Crippen LogP contribution in [0.15, 0.2) is 22.8 Å². The summed E-state index contributed by atoms with van der Waals surface area (Å²) in [6.45, 7) is 2.01. The molecule has 1 unspecified atom stereocenters. The summed E-state index contributed by atoms with van der Waals surface area (Å²) in [6.07, 6.45) is 1.75. The third-order valence-electron chi connectivity index (χ3n) is 1.35. The molecule has 1 atom stereocenters. The summed E-state index contributed by atoms with van der Waals surface area (Å²) < 4.78 is 0.978. The summed E-state index contributed by atoms with van der Waals surface area (Å²) >= 11 is 8.95. The Morgan fingerprint density at radius 1 is 1.67 bits per heavy atom. The number of aromatic nitrogens is 1. The minimum Gasteiger partial charge on any atom is -0.366 e. The summed E-state index contributed by atoms with van der Waals surface area (Å²) in [5.41, 5.74) is 0. The molecule has 4 heteroatoms. The molecule has 0 saturated carbocycles. The number of nitrogens with zero attached hydrogens (tertiary/aromatic N) is 1. The van der Waals surface area contributed by atoms with Crippen molar-refractivity contribution < 1.29 is 0 Å². The predicted octanol–water partition coefficient (Wildman–Crippen LogP) is 2.88. The Balaban J connectivity index is 2.58. The Morgan fingerprint density at radius 3 is 2.92 bits per heavy atom. The second-order valence-electron chi connectivity index (χ2n) is 2.56. The number of hydrogen-bond donors (Lipinski definition) is 1. The average Bonchev–Trinajstić information content (AvgIpc) is 2.09. The lowest BCUT2D eigenvalue weighted by molar-refractivity contribution is 0.897. The number of alkyl halides is 1. The molecule has 1 aromatic heterocycles. The van der Waals surface area contributed by atoms with Crippen LogP contribution in [0.25, 0.3) is 0 Å². The fourth-order valence-electron chi connectivity index (χ4n) is 0.752. The zero-order valence-corrected chi connectivity index (χ0v) is 9.06. The van der Waals surface area contributed by atoms with E-state index in [4.69, 9.17) is 11.6 Å². The molecule has 12 heavy (non-hydrogen) atoms. The van der Waals surface area contributed by atoms with Gasteiger partial charge in [-0.05, 0) is 35.0 Å². The molecular weight excluding hydrogens is 239 g/mol. The van der Waals surface area contributed by atoms with Crippen LogP contribution in [0.5, 0.6) is 0 Å². The quantitative estimate of drug-likeness (QED) is 0.833. The first-order valence-corrected chi connectivity index (χ1v) is 4.99. The SMILES string of the molecule is CC(CCl)Nc1ccc(Br)cn1. The molecule has 0 spiro atoms.